The molecular weight excluding hydrogens is 284 g/mol. The summed E-state index contributed by atoms with van der Waals surface area (Å²) in [6, 6.07) is 4.92. The second-order valence-corrected chi connectivity index (χ2v) is 6.13. The van der Waals surface area contributed by atoms with Crippen LogP contribution in [0.25, 0.3) is 0 Å². The molecule has 2 aromatic rings. The number of ether oxygens (including phenoxy) is 1. The molecular formula is C12H12N2O3S2. The number of rotatable bonds is 5. The van der Waals surface area contributed by atoms with E-state index in [1.54, 1.807) is 17.6 Å². The first-order chi connectivity index (χ1) is 9.04. The van der Waals surface area contributed by atoms with Crippen LogP contribution in [0, 0.1) is 0 Å². The SMILES string of the molecule is CC(C)Oc1cc(Sc2nncs2)cc(C(=O)O)c1. The molecule has 0 bridgehead atoms. The highest BCUT2D eigenvalue weighted by atomic mass is 32.2. The normalized spacial score (nSPS) is 10.7. The van der Waals surface area contributed by atoms with Crippen molar-refractivity contribution in [3.63, 3.8) is 0 Å². The van der Waals surface area contributed by atoms with Gasteiger partial charge < -0.3 is 9.84 Å². The fraction of sp³-hybridized carbons (Fsp3) is 0.250. The summed E-state index contributed by atoms with van der Waals surface area (Å²) in [5, 5.41) is 16.8. The van der Waals surface area contributed by atoms with E-state index in [4.69, 9.17) is 9.84 Å². The largest absolute Gasteiger partial charge is 0.491 e. The summed E-state index contributed by atoms with van der Waals surface area (Å²) in [6.45, 7) is 3.79. The number of hydrogen-bond acceptors (Lipinski definition) is 6. The smallest absolute Gasteiger partial charge is 0.335 e. The summed E-state index contributed by atoms with van der Waals surface area (Å²) in [5.41, 5.74) is 1.83. The Labute approximate surface area is 118 Å². The van der Waals surface area contributed by atoms with Gasteiger partial charge >= 0.3 is 5.97 Å². The minimum atomic E-state index is -0.978. The maximum atomic E-state index is 11.1. The number of carbonyl (C=O) groups is 1. The molecule has 2 rings (SSSR count). The Kier molecular flexibility index (Phi) is 4.39. The first-order valence-electron chi connectivity index (χ1n) is 5.53. The molecule has 0 aliphatic carbocycles. The summed E-state index contributed by atoms with van der Waals surface area (Å²) in [6.07, 6.45) is -0.0107. The molecule has 5 nitrogen and oxygen atoms in total. The monoisotopic (exact) mass is 296 g/mol. The summed E-state index contributed by atoms with van der Waals surface area (Å²) in [5.74, 6) is -0.435. The Hall–Kier alpha value is -1.60. The fourth-order valence-corrected chi connectivity index (χ4v) is 2.94. The van der Waals surface area contributed by atoms with Crippen LogP contribution < -0.4 is 4.74 Å². The van der Waals surface area contributed by atoms with Crippen LogP contribution in [0.4, 0.5) is 0 Å². The van der Waals surface area contributed by atoms with E-state index in [9.17, 15) is 4.79 Å². The highest BCUT2D eigenvalue weighted by Crippen LogP contribution is 2.32. The van der Waals surface area contributed by atoms with Crippen molar-refractivity contribution in [2.24, 2.45) is 0 Å². The third kappa shape index (κ3) is 3.93. The summed E-state index contributed by atoms with van der Waals surface area (Å²) >= 11 is 2.77. The lowest BCUT2D eigenvalue weighted by Crippen LogP contribution is -2.07. The van der Waals surface area contributed by atoms with Gasteiger partial charge in [-0.15, -0.1) is 10.2 Å². The van der Waals surface area contributed by atoms with Crippen LogP contribution in [-0.2, 0) is 0 Å². The number of nitrogens with zero attached hydrogens (tertiary/aromatic N) is 2. The molecule has 1 aromatic carbocycles. The average molecular weight is 296 g/mol. The van der Waals surface area contributed by atoms with Gasteiger partial charge in [0.25, 0.3) is 0 Å². The lowest BCUT2D eigenvalue weighted by atomic mass is 10.2. The number of carboxylic acid groups (broad SMARTS) is 1. The van der Waals surface area contributed by atoms with Gasteiger partial charge in [-0.05, 0) is 32.0 Å². The van der Waals surface area contributed by atoms with E-state index in [0.717, 1.165) is 9.24 Å². The lowest BCUT2D eigenvalue weighted by Gasteiger charge is -2.11. The predicted octanol–water partition coefficient (Wildman–Crippen LogP) is 3.17. The van der Waals surface area contributed by atoms with Crippen LogP contribution in [0.5, 0.6) is 5.75 Å². The fourth-order valence-electron chi connectivity index (χ4n) is 1.40. The zero-order chi connectivity index (χ0) is 13.8. The average Bonchev–Trinajstić information content (AvgIpc) is 2.80. The number of aromatic carboxylic acids is 1. The van der Waals surface area contributed by atoms with E-state index < -0.39 is 5.97 Å². The molecule has 0 aliphatic rings. The highest BCUT2D eigenvalue weighted by molar-refractivity contribution is 8.01. The van der Waals surface area contributed by atoms with Crippen molar-refractivity contribution in [3.05, 3.63) is 29.3 Å². The minimum Gasteiger partial charge on any atom is -0.491 e. The number of hydrogen-bond donors (Lipinski definition) is 1. The lowest BCUT2D eigenvalue weighted by molar-refractivity contribution is 0.0695. The highest BCUT2D eigenvalue weighted by Gasteiger charge is 2.11. The summed E-state index contributed by atoms with van der Waals surface area (Å²) in [7, 11) is 0. The van der Waals surface area contributed by atoms with Crippen LogP contribution in [0.3, 0.4) is 0 Å². The molecule has 7 heteroatoms. The molecule has 0 saturated heterocycles. The molecule has 1 N–H and O–H groups in total. The van der Waals surface area contributed by atoms with E-state index in [0.29, 0.717) is 5.75 Å². The number of aromatic nitrogens is 2. The van der Waals surface area contributed by atoms with Gasteiger partial charge in [-0.2, -0.15) is 0 Å². The molecule has 0 spiro atoms. The van der Waals surface area contributed by atoms with Crippen molar-refractivity contribution in [2.45, 2.75) is 29.2 Å². The Balaban J connectivity index is 2.31. The number of carboxylic acids is 1. The van der Waals surface area contributed by atoms with Gasteiger partial charge in [0.15, 0.2) is 4.34 Å². The second-order valence-electron chi connectivity index (χ2n) is 3.97. The zero-order valence-corrected chi connectivity index (χ0v) is 12.0. The van der Waals surface area contributed by atoms with Crippen molar-refractivity contribution in [1.29, 1.82) is 0 Å². The molecule has 0 amide bonds. The van der Waals surface area contributed by atoms with Crippen LogP contribution >= 0.6 is 23.1 Å². The van der Waals surface area contributed by atoms with Gasteiger partial charge in [-0.1, -0.05) is 23.1 Å². The van der Waals surface area contributed by atoms with Crippen LogP contribution in [0.2, 0.25) is 0 Å². The van der Waals surface area contributed by atoms with Gasteiger partial charge in [0, 0.05) is 4.90 Å². The van der Waals surface area contributed by atoms with Crippen LogP contribution in [0.1, 0.15) is 24.2 Å². The Morgan fingerprint density at radius 3 is 2.79 bits per heavy atom. The second kappa shape index (κ2) is 6.03. The molecule has 0 radical (unpaired) electrons. The van der Waals surface area contributed by atoms with E-state index in [-0.39, 0.29) is 11.7 Å². The van der Waals surface area contributed by atoms with E-state index in [1.165, 1.54) is 29.2 Å². The Morgan fingerprint density at radius 2 is 2.21 bits per heavy atom. The standard InChI is InChI=1S/C12H12N2O3S2/c1-7(2)17-9-3-8(11(15)16)4-10(5-9)19-12-14-13-6-18-12/h3-7H,1-2H3,(H,15,16). The maximum Gasteiger partial charge on any atom is 0.335 e. The van der Waals surface area contributed by atoms with Crippen LogP contribution in [-0.4, -0.2) is 27.4 Å². The quantitative estimate of drug-likeness (QED) is 0.913. The van der Waals surface area contributed by atoms with Gasteiger partial charge in [-0.25, -0.2) is 4.79 Å². The first kappa shape index (κ1) is 13.8. The molecule has 0 fully saturated rings. The van der Waals surface area contributed by atoms with E-state index in [1.807, 2.05) is 13.8 Å². The van der Waals surface area contributed by atoms with E-state index in [2.05, 4.69) is 10.2 Å². The third-order valence-electron chi connectivity index (χ3n) is 2.04. The third-order valence-corrected chi connectivity index (χ3v) is 3.79. The minimum absolute atomic E-state index is 0.0107. The van der Waals surface area contributed by atoms with Crippen molar-refractivity contribution >= 4 is 29.1 Å². The molecule has 0 atom stereocenters. The molecule has 1 aromatic heterocycles. The topological polar surface area (TPSA) is 72.3 Å². The first-order valence-corrected chi connectivity index (χ1v) is 7.23. The van der Waals surface area contributed by atoms with Crippen molar-refractivity contribution in [3.8, 4) is 5.75 Å². The summed E-state index contributed by atoms with van der Waals surface area (Å²) < 4.78 is 6.32. The van der Waals surface area contributed by atoms with Gasteiger partial charge in [0.05, 0.1) is 11.7 Å². The zero-order valence-electron chi connectivity index (χ0n) is 10.4. The van der Waals surface area contributed by atoms with Crippen molar-refractivity contribution in [1.82, 2.24) is 10.2 Å². The van der Waals surface area contributed by atoms with Gasteiger partial charge in [0.1, 0.15) is 11.3 Å². The van der Waals surface area contributed by atoms with E-state index >= 15 is 0 Å². The molecule has 1 heterocycles. The molecule has 0 aliphatic heterocycles. The van der Waals surface area contributed by atoms with Gasteiger partial charge in [0.2, 0.25) is 0 Å². The van der Waals surface area contributed by atoms with Crippen molar-refractivity contribution in [2.75, 3.05) is 0 Å². The maximum absolute atomic E-state index is 11.1. The Morgan fingerprint density at radius 1 is 1.42 bits per heavy atom. The Bertz CT molecular complexity index is 570. The molecule has 0 saturated carbocycles. The van der Waals surface area contributed by atoms with Crippen LogP contribution in [0.15, 0.2) is 32.9 Å². The predicted molar refractivity (Wildman–Crippen MR) is 73.2 cm³/mol. The summed E-state index contributed by atoms with van der Waals surface area (Å²) in [4.78, 5) is 11.9. The molecule has 100 valence electrons. The van der Waals surface area contributed by atoms with Gasteiger partial charge in [-0.3, -0.25) is 0 Å². The molecule has 19 heavy (non-hydrogen) atoms. The van der Waals surface area contributed by atoms with Crippen molar-refractivity contribution < 1.29 is 14.6 Å². The molecule has 0 unspecified atom stereocenters. The number of benzene rings is 1.